The van der Waals surface area contributed by atoms with Crippen molar-refractivity contribution in [2.45, 2.75) is 17.9 Å². The first-order valence-electron chi connectivity index (χ1n) is 8.03. The highest BCUT2D eigenvalue weighted by atomic mass is 79.9. The van der Waals surface area contributed by atoms with Gasteiger partial charge in [0.15, 0.2) is 0 Å². The molecule has 0 aliphatic carbocycles. The van der Waals surface area contributed by atoms with Gasteiger partial charge in [-0.2, -0.15) is 4.31 Å². The van der Waals surface area contributed by atoms with E-state index in [9.17, 15) is 12.8 Å². The minimum atomic E-state index is -3.76. The summed E-state index contributed by atoms with van der Waals surface area (Å²) < 4.78 is 47.4. The number of nitrogens with zero attached hydrogens (tertiary/aromatic N) is 1. The first kappa shape index (κ1) is 17.5. The van der Waals surface area contributed by atoms with Crippen molar-refractivity contribution in [3.63, 3.8) is 0 Å². The Morgan fingerprint density at radius 2 is 2.04 bits per heavy atom. The van der Waals surface area contributed by atoms with Crippen LogP contribution in [0.5, 0.6) is 5.75 Å². The van der Waals surface area contributed by atoms with Gasteiger partial charge in [-0.1, -0.05) is 15.9 Å². The largest absolute Gasteiger partial charge is 0.495 e. The number of ether oxygens (including phenoxy) is 1. The van der Waals surface area contributed by atoms with Gasteiger partial charge in [0.05, 0.1) is 7.11 Å². The maximum absolute atomic E-state index is 13.7. The number of H-pyrrole nitrogens is 1. The summed E-state index contributed by atoms with van der Waals surface area (Å²) in [4.78, 5) is 3.38. The third-order valence-corrected chi connectivity index (χ3v) is 7.01. The summed E-state index contributed by atoms with van der Waals surface area (Å²) in [6.07, 6.45) is 0.543. The van der Waals surface area contributed by atoms with Crippen molar-refractivity contribution in [1.29, 1.82) is 0 Å². The zero-order valence-electron chi connectivity index (χ0n) is 13.9. The van der Waals surface area contributed by atoms with Crippen molar-refractivity contribution in [2.75, 3.05) is 13.7 Å². The normalized spacial score (nSPS) is 15.2. The van der Waals surface area contributed by atoms with Gasteiger partial charge in [0.2, 0.25) is 10.0 Å². The molecule has 0 unspecified atom stereocenters. The number of halogens is 2. The lowest BCUT2D eigenvalue weighted by molar-refractivity contribution is 0.377. The lowest BCUT2D eigenvalue weighted by Gasteiger charge is -2.27. The summed E-state index contributed by atoms with van der Waals surface area (Å²) in [5.41, 5.74) is 2.59. The zero-order valence-corrected chi connectivity index (χ0v) is 16.3. The fraction of sp³-hybridized carbons (Fsp3) is 0.222. The Hall–Kier alpha value is -1.90. The number of sulfonamides is 1. The Labute approximate surface area is 159 Å². The monoisotopic (exact) mass is 438 g/mol. The van der Waals surface area contributed by atoms with E-state index in [0.717, 1.165) is 22.2 Å². The Morgan fingerprint density at radius 1 is 1.23 bits per heavy atom. The highest BCUT2D eigenvalue weighted by Crippen LogP contribution is 2.34. The van der Waals surface area contributed by atoms with Crippen LogP contribution >= 0.6 is 15.9 Å². The number of methoxy groups -OCH3 is 1. The minimum Gasteiger partial charge on any atom is -0.495 e. The highest BCUT2D eigenvalue weighted by molar-refractivity contribution is 9.10. The predicted molar refractivity (Wildman–Crippen MR) is 100 cm³/mol. The molecule has 3 aromatic rings. The van der Waals surface area contributed by atoms with Crippen LogP contribution in [0.4, 0.5) is 4.39 Å². The van der Waals surface area contributed by atoms with Gasteiger partial charge in [-0.3, -0.25) is 0 Å². The summed E-state index contributed by atoms with van der Waals surface area (Å²) in [6, 6.07) is 9.41. The number of rotatable bonds is 3. The summed E-state index contributed by atoms with van der Waals surface area (Å²) >= 11 is 3.32. The molecule has 0 atom stereocenters. The second-order valence-corrected chi connectivity index (χ2v) is 8.98. The van der Waals surface area contributed by atoms with Crippen molar-refractivity contribution in [3.05, 3.63) is 57.9 Å². The average Bonchev–Trinajstić information content (AvgIpc) is 2.98. The van der Waals surface area contributed by atoms with E-state index in [1.165, 1.54) is 23.5 Å². The maximum atomic E-state index is 13.7. The van der Waals surface area contributed by atoms with Crippen LogP contribution in [0, 0.1) is 5.82 Å². The number of fused-ring (bicyclic) bond motifs is 3. The molecule has 1 aromatic heterocycles. The van der Waals surface area contributed by atoms with Gasteiger partial charge in [-0.25, -0.2) is 12.8 Å². The van der Waals surface area contributed by atoms with Gasteiger partial charge in [0.1, 0.15) is 16.5 Å². The Kier molecular flexibility index (Phi) is 4.29. The Morgan fingerprint density at radius 3 is 2.81 bits per heavy atom. The van der Waals surface area contributed by atoms with E-state index in [4.69, 9.17) is 4.74 Å². The second kappa shape index (κ2) is 6.37. The molecule has 0 radical (unpaired) electrons. The molecule has 8 heteroatoms. The van der Waals surface area contributed by atoms with Gasteiger partial charge in [0.25, 0.3) is 0 Å². The van der Waals surface area contributed by atoms with Crippen LogP contribution in [-0.2, 0) is 23.0 Å². The van der Waals surface area contributed by atoms with Crippen molar-refractivity contribution in [1.82, 2.24) is 9.29 Å². The van der Waals surface area contributed by atoms with Gasteiger partial charge in [-0.05, 0) is 42.0 Å². The molecule has 0 saturated heterocycles. The van der Waals surface area contributed by atoms with Crippen LogP contribution in [-0.4, -0.2) is 31.4 Å². The molecule has 0 amide bonds. The molecule has 2 aromatic carbocycles. The van der Waals surface area contributed by atoms with E-state index >= 15 is 0 Å². The van der Waals surface area contributed by atoms with Crippen LogP contribution in [0.25, 0.3) is 10.9 Å². The molecular formula is C18H16BrFN2O3S. The van der Waals surface area contributed by atoms with Crippen LogP contribution in [0.3, 0.4) is 0 Å². The molecule has 1 aliphatic rings. The molecule has 0 saturated carbocycles. The second-order valence-electron chi connectivity index (χ2n) is 6.16. The van der Waals surface area contributed by atoms with Gasteiger partial charge >= 0.3 is 0 Å². The molecule has 0 spiro atoms. The average molecular weight is 439 g/mol. The summed E-state index contributed by atoms with van der Waals surface area (Å²) in [7, 11) is -2.31. The van der Waals surface area contributed by atoms with E-state index in [2.05, 4.69) is 20.9 Å². The SMILES string of the molecule is COc1ccc(Br)cc1S(=O)(=O)N1CCc2[nH]c3ccc(F)cc3c2C1. The standard InChI is InChI=1S/C18H16BrFN2O3S/c1-25-17-5-2-11(19)8-18(17)26(23,24)22-7-6-16-14(10-22)13-9-12(20)3-4-15(13)21-16/h2-5,8-9,21H,6-7,10H2,1H3. The van der Waals surface area contributed by atoms with Crippen LogP contribution < -0.4 is 4.74 Å². The number of hydrogen-bond acceptors (Lipinski definition) is 3. The van der Waals surface area contributed by atoms with E-state index in [1.54, 1.807) is 24.3 Å². The first-order valence-corrected chi connectivity index (χ1v) is 10.3. The molecular weight excluding hydrogens is 423 g/mol. The maximum Gasteiger partial charge on any atom is 0.247 e. The number of aromatic nitrogens is 1. The summed E-state index contributed by atoms with van der Waals surface area (Å²) in [5.74, 6) is -0.0445. The topological polar surface area (TPSA) is 62.4 Å². The fourth-order valence-electron chi connectivity index (χ4n) is 3.36. The van der Waals surface area contributed by atoms with Crippen molar-refractivity contribution in [3.8, 4) is 5.75 Å². The molecule has 0 bridgehead atoms. The predicted octanol–water partition coefficient (Wildman–Crippen LogP) is 3.83. The van der Waals surface area contributed by atoms with Crippen molar-refractivity contribution >= 4 is 36.9 Å². The smallest absolute Gasteiger partial charge is 0.247 e. The van der Waals surface area contributed by atoms with Crippen LogP contribution in [0.1, 0.15) is 11.3 Å². The third-order valence-electron chi connectivity index (χ3n) is 4.65. The van der Waals surface area contributed by atoms with Crippen molar-refractivity contribution in [2.24, 2.45) is 0 Å². The summed E-state index contributed by atoms with van der Waals surface area (Å²) in [5, 5.41) is 0.723. The van der Waals surface area contributed by atoms with E-state index in [0.29, 0.717) is 23.2 Å². The first-order chi connectivity index (χ1) is 12.4. The molecule has 0 fully saturated rings. The lowest BCUT2D eigenvalue weighted by atomic mass is 10.1. The number of nitrogens with one attached hydrogen (secondary N) is 1. The van der Waals surface area contributed by atoms with Gasteiger partial charge < -0.3 is 9.72 Å². The molecule has 136 valence electrons. The number of aromatic amines is 1. The molecule has 26 heavy (non-hydrogen) atoms. The quantitative estimate of drug-likeness (QED) is 0.675. The van der Waals surface area contributed by atoms with Gasteiger partial charge in [-0.15, -0.1) is 0 Å². The minimum absolute atomic E-state index is 0.115. The molecule has 1 aliphatic heterocycles. The van der Waals surface area contributed by atoms with Crippen LogP contribution in [0.15, 0.2) is 45.8 Å². The lowest BCUT2D eigenvalue weighted by Crippen LogP contribution is -2.36. The zero-order chi connectivity index (χ0) is 18.5. The van der Waals surface area contributed by atoms with Crippen molar-refractivity contribution < 1.29 is 17.5 Å². The van der Waals surface area contributed by atoms with E-state index in [1.807, 2.05) is 0 Å². The molecule has 4 rings (SSSR count). The Balaban J connectivity index is 1.78. The molecule has 5 nitrogen and oxygen atoms in total. The van der Waals surface area contributed by atoms with Crippen LogP contribution in [0.2, 0.25) is 0 Å². The molecule has 1 N–H and O–H groups in total. The van der Waals surface area contributed by atoms with Gasteiger partial charge in [0, 0.05) is 40.6 Å². The fourth-order valence-corrected chi connectivity index (χ4v) is 5.46. The third kappa shape index (κ3) is 2.82. The van der Waals surface area contributed by atoms with E-state index < -0.39 is 10.0 Å². The molecule has 2 heterocycles. The highest BCUT2D eigenvalue weighted by Gasteiger charge is 2.32. The summed E-state index contributed by atoms with van der Waals surface area (Å²) in [6.45, 7) is 0.539. The number of benzene rings is 2. The van der Waals surface area contributed by atoms with E-state index in [-0.39, 0.29) is 17.3 Å². The number of hydrogen-bond donors (Lipinski definition) is 1. The Bertz CT molecular complexity index is 1110.